The second-order valence-corrected chi connectivity index (χ2v) is 6.88. The van der Waals surface area contributed by atoms with Gasteiger partial charge in [-0.1, -0.05) is 35.0 Å². The summed E-state index contributed by atoms with van der Waals surface area (Å²) < 4.78 is 1.18. The number of nitrogens with one attached hydrogen (secondary N) is 1. The first-order valence-electron chi connectivity index (χ1n) is 6.65. The summed E-state index contributed by atoms with van der Waals surface area (Å²) in [4.78, 5) is 2.92. The summed E-state index contributed by atoms with van der Waals surface area (Å²) in [7, 11) is 2.04. The number of rotatable bonds is 5. The number of thiophene rings is 1. The van der Waals surface area contributed by atoms with Gasteiger partial charge in [0, 0.05) is 26.7 Å². The van der Waals surface area contributed by atoms with Crippen molar-refractivity contribution in [3.8, 4) is 0 Å². The smallest absolute Gasteiger partial charge is 0.0366 e. The summed E-state index contributed by atoms with van der Waals surface area (Å²) in [5.74, 6) is 0. The number of halogens is 1. The van der Waals surface area contributed by atoms with E-state index < -0.39 is 0 Å². The fourth-order valence-corrected chi connectivity index (χ4v) is 3.44. The Bertz CT molecular complexity index is 547. The Morgan fingerprint density at radius 1 is 1.21 bits per heavy atom. The highest BCUT2D eigenvalue weighted by molar-refractivity contribution is 9.10. The van der Waals surface area contributed by atoms with Crippen LogP contribution < -0.4 is 5.32 Å². The van der Waals surface area contributed by atoms with E-state index in [2.05, 4.69) is 65.4 Å². The Morgan fingerprint density at radius 2 is 1.95 bits per heavy atom. The third-order valence-electron chi connectivity index (χ3n) is 3.40. The SMILES string of the molecule is CCc1ccc(CC(NC)c2ccc(Br)c(C)c2)s1. The number of hydrogen-bond acceptors (Lipinski definition) is 2. The Hall–Kier alpha value is -0.640. The highest BCUT2D eigenvalue weighted by atomic mass is 79.9. The molecule has 0 fully saturated rings. The number of likely N-dealkylation sites (N-methyl/N-ethyl adjacent to an activating group) is 1. The van der Waals surface area contributed by atoms with E-state index in [1.54, 1.807) is 0 Å². The largest absolute Gasteiger partial charge is 0.313 e. The molecule has 0 aliphatic heterocycles. The zero-order valence-electron chi connectivity index (χ0n) is 11.7. The monoisotopic (exact) mass is 337 g/mol. The molecule has 2 rings (SSSR count). The zero-order chi connectivity index (χ0) is 13.8. The average Bonchev–Trinajstić information content (AvgIpc) is 2.87. The molecule has 1 unspecified atom stereocenters. The lowest BCUT2D eigenvalue weighted by molar-refractivity contribution is 0.596. The normalized spacial score (nSPS) is 12.6. The van der Waals surface area contributed by atoms with Crippen LogP contribution in [0.25, 0.3) is 0 Å². The maximum atomic E-state index is 3.56. The molecule has 0 amide bonds. The Labute approximate surface area is 128 Å². The van der Waals surface area contributed by atoms with Gasteiger partial charge in [0.1, 0.15) is 0 Å². The van der Waals surface area contributed by atoms with Crippen LogP contribution in [0.5, 0.6) is 0 Å². The molecule has 0 aliphatic carbocycles. The molecule has 1 aromatic heterocycles. The molecule has 0 saturated carbocycles. The number of aryl methyl sites for hydroxylation is 2. The molecule has 1 atom stereocenters. The second kappa shape index (κ2) is 6.69. The van der Waals surface area contributed by atoms with E-state index in [9.17, 15) is 0 Å². The van der Waals surface area contributed by atoms with Gasteiger partial charge in [-0.3, -0.25) is 0 Å². The van der Waals surface area contributed by atoms with Crippen molar-refractivity contribution in [2.45, 2.75) is 32.7 Å². The van der Waals surface area contributed by atoms with Gasteiger partial charge in [0.2, 0.25) is 0 Å². The Balaban J connectivity index is 2.17. The lowest BCUT2D eigenvalue weighted by Crippen LogP contribution is -2.18. The fraction of sp³-hybridized carbons (Fsp3) is 0.375. The van der Waals surface area contributed by atoms with Gasteiger partial charge < -0.3 is 5.32 Å². The number of benzene rings is 1. The van der Waals surface area contributed by atoms with E-state index in [0.717, 1.165) is 12.8 Å². The molecular formula is C16H20BrNS. The summed E-state index contributed by atoms with van der Waals surface area (Å²) in [6.07, 6.45) is 2.19. The third-order valence-corrected chi connectivity index (χ3v) is 5.55. The van der Waals surface area contributed by atoms with Gasteiger partial charge in [-0.2, -0.15) is 0 Å². The number of hydrogen-bond donors (Lipinski definition) is 1. The second-order valence-electron chi connectivity index (χ2n) is 4.78. The predicted molar refractivity (Wildman–Crippen MR) is 88.1 cm³/mol. The minimum absolute atomic E-state index is 0.384. The minimum Gasteiger partial charge on any atom is -0.313 e. The van der Waals surface area contributed by atoms with Gasteiger partial charge in [-0.25, -0.2) is 0 Å². The molecule has 1 N–H and O–H groups in total. The Kier molecular flexibility index (Phi) is 5.20. The van der Waals surface area contributed by atoms with Gasteiger partial charge in [-0.15, -0.1) is 11.3 Å². The molecule has 0 radical (unpaired) electrons. The van der Waals surface area contributed by atoms with Crippen molar-refractivity contribution >= 4 is 27.3 Å². The van der Waals surface area contributed by atoms with E-state index >= 15 is 0 Å². The van der Waals surface area contributed by atoms with Gasteiger partial charge in [0.25, 0.3) is 0 Å². The minimum atomic E-state index is 0.384. The molecule has 0 bridgehead atoms. The highest BCUT2D eigenvalue weighted by Crippen LogP contribution is 2.26. The summed E-state index contributed by atoms with van der Waals surface area (Å²) in [6.45, 7) is 4.35. The van der Waals surface area contributed by atoms with Crippen molar-refractivity contribution < 1.29 is 0 Å². The average molecular weight is 338 g/mol. The van der Waals surface area contributed by atoms with Crippen LogP contribution in [0.15, 0.2) is 34.8 Å². The van der Waals surface area contributed by atoms with Crippen molar-refractivity contribution in [2.24, 2.45) is 0 Å². The van der Waals surface area contributed by atoms with E-state index in [0.29, 0.717) is 6.04 Å². The van der Waals surface area contributed by atoms with E-state index in [-0.39, 0.29) is 0 Å². The van der Waals surface area contributed by atoms with Crippen molar-refractivity contribution in [1.29, 1.82) is 0 Å². The summed E-state index contributed by atoms with van der Waals surface area (Å²) in [5.41, 5.74) is 2.65. The summed E-state index contributed by atoms with van der Waals surface area (Å²) >= 11 is 5.49. The Morgan fingerprint density at radius 3 is 2.53 bits per heavy atom. The van der Waals surface area contributed by atoms with Gasteiger partial charge in [0.05, 0.1) is 0 Å². The van der Waals surface area contributed by atoms with Gasteiger partial charge in [0.15, 0.2) is 0 Å². The third kappa shape index (κ3) is 3.68. The molecular weight excluding hydrogens is 318 g/mol. The zero-order valence-corrected chi connectivity index (χ0v) is 14.1. The standard InChI is InChI=1S/C16H20BrNS/c1-4-13-6-7-14(19-13)10-16(18-3)12-5-8-15(17)11(2)9-12/h5-9,16,18H,4,10H2,1-3H3. The fourth-order valence-electron chi connectivity index (χ4n) is 2.19. The van der Waals surface area contributed by atoms with Crippen LogP contribution >= 0.6 is 27.3 Å². The van der Waals surface area contributed by atoms with Crippen LogP contribution in [0.2, 0.25) is 0 Å². The maximum absolute atomic E-state index is 3.56. The van der Waals surface area contributed by atoms with Crippen molar-refractivity contribution in [3.63, 3.8) is 0 Å². The van der Waals surface area contributed by atoms with Crippen molar-refractivity contribution in [3.05, 3.63) is 55.7 Å². The van der Waals surface area contributed by atoms with Crippen LogP contribution in [-0.2, 0) is 12.8 Å². The van der Waals surface area contributed by atoms with Crippen molar-refractivity contribution in [1.82, 2.24) is 5.32 Å². The molecule has 1 aromatic carbocycles. The molecule has 2 aromatic rings. The lowest BCUT2D eigenvalue weighted by Gasteiger charge is -2.17. The van der Waals surface area contributed by atoms with Gasteiger partial charge in [-0.05, 0) is 49.7 Å². The van der Waals surface area contributed by atoms with E-state index in [1.807, 2.05) is 18.4 Å². The summed E-state index contributed by atoms with van der Waals surface area (Å²) in [6, 6.07) is 11.5. The molecule has 19 heavy (non-hydrogen) atoms. The molecule has 3 heteroatoms. The quantitative estimate of drug-likeness (QED) is 0.819. The molecule has 0 aliphatic rings. The first-order valence-corrected chi connectivity index (χ1v) is 8.26. The molecule has 0 saturated heterocycles. The van der Waals surface area contributed by atoms with Crippen LogP contribution in [0, 0.1) is 6.92 Å². The molecule has 1 nitrogen and oxygen atoms in total. The van der Waals surface area contributed by atoms with Crippen molar-refractivity contribution in [2.75, 3.05) is 7.05 Å². The first-order chi connectivity index (χ1) is 9.13. The molecule has 0 spiro atoms. The highest BCUT2D eigenvalue weighted by Gasteiger charge is 2.12. The van der Waals surface area contributed by atoms with Gasteiger partial charge >= 0.3 is 0 Å². The van der Waals surface area contributed by atoms with Crippen LogP contribution in [0.1, 0.15) is 33.8 Å². The van der Waals surface area contributed by atoms with Crippen LogP contribution in [0.4, 0.5) is 0 Å². The summed E-state index contributed by atoms with van der Waals surface area (Å²) in [5, 5.41) is 3.43. The first kappa shape index (κ1) is 14.8. The van der Waals surface area contributed by atoms with E-state index in [4.69, 9.17) is 0 Å². The van der Waals surface area contributed by atoms with Crippen LogP contribution in [0.3, 0.4) is 0 Å². The molecule has 102 valence electrons. The predicted octanol–water partition coefficient (Wildman–Crippen LogP) is 4.88. The van der Waals surface area contributed by atoms with Crippen LogP contribution in [-0.4, -0.2) is 7.05 Å². The molecule has 1 heterocycles. The topological polar surface area (TPSA) is 12.0 Å². The lowest BCUT2D eigenvalue weighted by atomic mass is 10.0. The van der Waals surface area contributed by atoms with E-state index in [1.165, 1.54) is 25.4 Å². The maximum Gasteiger partial charge on any atom is 0.0366 e.